The van der Waals surface area contributed by atoms with E-state index in [0.717, 1.165) is 63.2 Å². The summed E-state index contributed by atoms with van der Waals surface area (Å²) in [7, 11) is 1.60. The summed E-state index contributed by atoms with van der Waals surface area (Å²) in [6.45, 7) is 3.17. The molecule has 0 unspecified atom stereocenters. The van der Waals surface area contributed by atoms with Crippen LogP contribution in [0.1, 0.15) is 36.0 Å². The smallest absolute Gasteiger partial charge is 0.259 e. The Balaban J connectivity index is 1.58. The molecule has 0 saturated carbocycles. The monoisotopic (exact) mass is 398 g/mol. The Hall–Kier alpha value is -3.03. The van der Waals surface area contributed by atoms with Crippen molar-refractivity contribution >= 4 is 17.6 Å². The fourth-order valence-corrected chi connectivity index (χ4v) is 3.89. The molecular weight excluding hydrogens is 372 g/mol. The molecule has 2 saturated heterocycles. The van der Waals surface area contributed by atoms with Gasteiger partial charge in [0.2, 0.25) is 5.91 Å². The number of anilines is 1. The van der Waals surface area contributed by atoms with Gasteiger partial charge >= 0.3 is 0 Å². The van der Waals surface area contributed by atoms with Crippen LogP contribution in [0.2, 0.25) is 0 Å². The molecule has 4 rings (SSSR count). The van der Waals surface area contributed by atoms with E-state index in [4.69, 9.17) is 9.26 Å². The van der Waals surface area contributed by atoms with E-state index in [9.17, 15) is 9.59 Å². The van der Waals surface area contributed by atoms with Crippen LogP contribution in [0.15, 0.2) is 28.8 Å². The van der Waals surface area contributed by atoms with Gasteiger partial charge in [-0.15, -0.1) is 0 Å². The van der Waals surface area contributed by atoms with Gasteiger partial charge in [-0.05, 0) is 49.9 Å². The molecule has 8 nitrogen and oxygen atoms in total. The van der Waals surface area contributed by atoms with Gasteiger partial charge < -0.3 is 24.4 Å². The van der Waals surface area contributed by atoms with Crippen LogP contribution in [0.3, 0.4) is 0 Å². The molecule has 1 N–H and O–H groups in total. The van der Waals surface area contributed by atoms with Gasteiger partial charge in [-0.1, -0.05) is 5.16 Å². The van der Waals surface area contributed by atoms with Crippen molar-refractivity contribution in [3.8, 4) is 17.1 Å². The lowest BCUT2D eigenvalue weighted by Gasteiger charge is -2.17. The Morgan fingerprint density at radius 1 is 1.07 bits per heavy atom. The Morgan fingerprint density at radius 3 is 2.38 bits per heavy atom. The van der Waals surface area contributed by atoms with Crippen molar-refractivity contribution in [1.29, 1.82) is 0 Å². The maximum absolute atomic E-state index is 13.1. The third kappa shape index (κ3) is 4.06. The molecule has 2 fully saturated rings. The predicted octanol–water partition coefficient (Wildman–Crippen LogP) is 2.30. The number of nitrogens with one attached hydrogen (secondary N) is 1. The molecule has 29 heavy (non-hydrogen) atoms. The molecule has 1 aromatic heterocycles. The minimum Gasteiger partial charge on any atom is -0.497 e. The summed E-state index contributed by atoms with van der Waals surface area (Å²) in [5.74, 6) is 1.27. The topological polar surface area (TPSA) is 87.9 Å². The standard InChI is InChI=1S/C21H26N4O4/c1-28-16-8-6-15(7-9-16)19-18(20(23-29-19)25-12-4-5-13-25)21(27)22-14-17(26)24-10-2-3-11-24/h6-9H,2-5,10-14H2,1H3,(H,22,27). The minimum atomic E-state index is -0.341. The lowest BCUT2D eigenvalue weighted by atomic mass is 10.1. The number of likely N-dealkylation sites (tertiary alicyclic amines) is 1. The highest BCUT2D eigenvalue weighted by atomic mass is 16.5. The van der Waals surface area contributed by atoms with E-state index < -0.39 is 0 Å². The molecule has 2 amide bonds. The zero-order valence-electron chi connectivity index (χ0n) is 16.6. The first-order chi connectivity index (χ1) is 14.2. The number of methoxy groups -OCH3 is 1. The Kier molecular flexibility index (Phi) is 5.69. The number of carbonyl (C=O) groups is 2. The van der Waals surface area contributed by atoms with Crippen molar-refractivity contribution in [1.82, 2.24) is 15.4 Å². The molecule has 0 bridgehead atoms. The molecule has 0 atom stereocenters. The second-order valence-electron chi connectivity index (χ2n) is 7.40. The number of aromatic nitrogens is 1. The third-order valence-corrected chi connectivity index (χ3v) is 5.52. The summed E-state index contributed by atoms with van der Waals surface area (Å²) in [5.41, 5.74) is 1.12. The maximum Gasteiger partial charge on any atom is 0.259 e. The largest absolute Gasteiger partial charge is 0.497 e. The fraction of sp³-hybridized carbons (Fsp3) is 0.476. The van der Waals surface area contributed by atoms with Gasteiger partial charge in [0.15, 0.2) is 11.6 Å². The van der Waals surface area contributed by atoms with Crippen LogP contribution in [0, 0.1) is 0 Å². The number of rotatable bonds is 6. The second kappa shape index (κ2) is 8.55. The van der Waals surface area contributed by atoms with Crippen LogP contribution in [-0.2, 0) is 4.79 Å². The first kappa shape index (κ1) is 19.3. The summed E-state index contributed by atoms with van der Waals surface area (Å²) in [4.78, 5) is 29.3. The molecule has 2 aromatic rings. The van der Waals surface area contributed by atoms with E-state index in [-0.39, 0.29) is 18.4 Å². The highest BCUT2D eigenvalue weighted by Crippen LogP contribution is 2.33. The average molecular weight is 398 g/mol. The van der Waals surface area contributed by atoms with Crippen LogP contribution in [0.4, 0.5) is 5.82 Å². The molecular formula is C21H26N4O4. The highest BCUT2D eigenvalue weighted by Gasteiger charge is 2.29. The van der Waals surface area contributed by atoms with Crippen LogP contribution in [0.25, 0.3) is 11.3 Å². The number of carbonyl (C=O) groups excluding carboxylic acids is 2. The molecule has 8 heteroatoms. The lowest BCUT2D eigenvalue weighted by molar-refractivity contribution is -0.129. The number of nitrogens with zero attached hydrogens (tertiary/aromatic N) is 3. The van der Waals surface area contributed by atoms with Crippen LogP contribution in [0.5, 0.6) is 5.75 Å². The number of amides is 2. The molecule has 0 aliphatic carbocycles. The number of benzene rings is 1. The number of ether oxygens (including phenoxy) is 1. The van der Waals surface area contributed by atoms with Gasteiger partial charge in [0.05, 0.1) is 13.7 Å². The van der Waals surface area contributed by atoms with Crippen molar-refractivity contribution in [2.75, 3.05) is 44.7 Å². The first-order valence-electron chi connectivity index (χ1n) is 10.1. The molecule has 2 aliphatic heterocycles. The second-order valence-corrected chi connectivity index (χ2v) is 7.40. The van der Waals surface area contributed by atoms with Crippen molar-refractivity contribution in [3.05, 3.63) is 29.8 Å². The predicted molar refractivity (Wildman–Crippen MR) is 108 cm³/mol. The van der Waals surface area contributed by atoms with Gasteiger partial charge in [0.1, 0.15) is 11.3 Å². The zero-order chi connectivity index (χ0) is 20.2. The molecule has 2 aliphatic rings. The van der Waals surface area contributed by atoms with Crippen LogP contribution < -0.4 is 15.0 Å². The summed E-state index contributed by atoms with van der Waals surface area (Å²) >= 11 is 0. The summed E-state index contributed by atoms with van der Waals surface area (Å²) < 4.78 is 10.8. The van der Waals surface area contributed by atoms with E-state index >= 15 is 0 Å². The van der Waals surface area contributed by atoms with Gasteiger partial charge in [0.25, 0.3) is 5.91 Å². The van der Waals surface area contributed by atoms with E-state index in [2.05, 4.69) is 15.4 Å². The van der Waals surface area contributed by atoms with Crippen LogP contribution in [-0.4, -0.2) is 61.7 Å². The molecule has 0 spiro atoms. The van der Waals surface area contributed by atoms with Crippen molar-refractivity contribution < 1.29 is 18.8 Å². The molecule has 3 heterocycles. The third-order valence-electron chi connectivity index (χ3n) is 5.52. The van der Waals surface area contributed by atoms with E-state index in [1.165, 1.54) is 0 Å². The quantitative estimate of drug-likeness (QED) is 0.803. The van der Waals surface area contributed by atoms with E-state index in [0.29, 0.717) is 17.1 Å². The normalized spacial score (nSPS) is 16.3. The minimum absolute atomic E-state index is 0.0223. The van der Waals surface area contributed by atoms with Gasteiger partial charge in [-0.25, -0.2) is 0 Å². The zero-order valence-corrected chi connectivity index (χ0v) is 16.6. The first-order valence-corrected chi connectivity index (χ1v) is 10.1. The number of hydrogen-bond acceptors (Lipinski definition) is 6. The average Bonchev–Trinajstić information content (AvgIpc) is 3.52. The Bertz CT molecular complexity index is 865. The van der Waals surface area contributed by atoms with Gasteiger partial charge in [-0.2, -0.15) is 0 Å². The van der Waals surface area contributed by atoms with Crippen LogP contribution >= 0.6 is 0 Å². The lowest BCUT2D eigenvalue weighted by Crippen LogP contribution is -2.39. The molecule has 1 aromatic carbocycles. The van der Waals surface area contributed by atoms with Gasteiger partial charge in [0, 0.05) is 31.7 Å². The summed E-state index contributed by atoms with van der Waals surface area (Å²) in [6.07, 6.45) is 4.15. The maximum atomic E-state index is 13.1. The van der Waals surface area contributed by atoms with Gasteiger partial charge in [-0.3, -0.25) is 9.59 Å². The molecule has 0 radical (unpaired) electrons. The Morgan fingerprint density at radius 2 is 1.72 bits per heavy atom. The Labute approximate surface area is 169 Å². The van der Waals surface area contributed by atoms with Crippen molar-refractivity contribution in [2.45, 2.75) is 25.7 Å². The van der Waals surface area contributed by atoms with Crippen molar-refractivity contribution in [2.24, 2.45) is 0 Å². The number of hydrogen-bond donors (Lipinski definition) is 1. The summed E-state index contributed by atoms with van der Waals surface area (Å²) in [6, 6.07) is 7.29. The highest BCUT2D eigenvalue weighted by molar-refractivity contribution is 6.05. The van der Waals surface area contributed by atoms with Crippen molar-refractivity contribution in [3.63, 3.8) is 0 Å². The van der Waals surface area contributed by atoms with E-state index in [1.54, 1.807) is 12.0 Å². The molecule has 154 valence electrons. The summed E-state index contributed by atoms with van der Waals surface area (Å²) in [5, 5.41) is 6.98. The SMILES string of the molecule is COc1ccc(-c2onc(N3CCCC3)c2C(=O)NCC(=O)N2CCCC2)cc1. The van der Waals surface area contributed by atoms with E-state index in [1.807, 2.05) is 24.3 Å². The fourth-order valence-electron chi connectivity index (χ4n) is 3.89.